The zero-order chi connectivity index (χ0) is 11.3. The molecule has 1 heteroatoms. The normalized spacial score (nSPS) is 18.1. The molecular weight excluding hydrogens is 269 g/mol. The average molecular weight is 290 g/mol. The Morgan fingerprint density at radius 3 is 2.53 bits per heavy atom. The zero-order valence-electron chi connectivity index (χ0n) is 10.2. The van der Waals surface area contributed by atoms with E-state index < -0.39 is 16.0 Å². The van der Waals surface area contributed by atoms with Crippen LogP contribution in [0.15, 0.2) is 44.3 Å². The van der Waals surface area contributed by atoms with Gasteiger partial charge >= 0.3 is 99.4 Å². The molecule has 0 radical (unpaired) electrons. The molecule has 0 aromatic heterocycles. The molecule has 85 valence electrons. The monoisotopic (exact) mass is 291 g/mol. The summed E-state index contributed by atoms with van der Waals surface area (Å²) in [4.78, 5) is 0. The van der Waals surface area contributed by atoms with Crippen molar-refractivity contribution in [2.75, 3.05) is 0 Å². The fourth-order valence-corrected chi connectivity index (χ4v) is 5.65. The first kappa shape index (κ1) is 12.7. The second-order valence-electron chi connectivity index (χ2n) is 3.70. The van der Waals surface area contributed by atoms with Gasteiger partial charge in [0.15, 0.2) is 0 Å². The minimum atomic E-state index is -0.843. The van der Waals surface area contributed by atoms with Crippen molar-refractivity contribution in [3.63, 3.8) is 0 Å². The van der Waals surface area contributed by atoms with Crippen molar-refractivity contribution in [2.24, 2.45) is 0 Å². The molecule has 0 fully saturated rings. The first-order valence-electron chi connectivity index (χ1n) is 5.45. The van der Waals surface area contributed by atoms with Crippen molar-refractivity contribution >= 4 is 0 Å². The van der Waals surface area contributed by atoms with Crippen LogP contribution in [-0.2, 0) is 16.0 Å². The Balaban J connectivity index is 2.73. The predicted octanol–water partition coefficient (Wildman–Crippen LogP) is 4.76. The van der Waals surface area contributed by atoms with Gasteiger partial charge in [-0.1, -0.05) is 0 Å². The zero-order valence-corrected chi connectivity index (χ0v) is 11.9. The second kappa shape index (κ2) is 6.23. The molecule has 0 amide bonds. The Kier molecular flexibility index (Phi) is 5.25. The maximum atomic E-state index is 2.47. The van der Waals surface area contributed by atoms with E-state index in [9.17, 15) is 0 Å². The topological polar surface area (TPSA) is 0 Å². The van der Waals surface area contributed by atoms with E-state index >= 15 is 0 Å². The summed E-state index contributed by atoms with van der Waals surface area (Å²) >= 11 is -0.843. The third kappa shape index (κ3) is 3.57. The van der Waals surface area contributed by atoms with E-state index in [0.29, 0.717) is 0 Å². The molecule has 0 nitrogen and oxygen atoms in total. The quantitative estimate of drug-likeness (QED) is 0.517. The van der Waals surface area contributed by atoms with Crippen LogP contribution in [0, 0.1) is 0 Å². The molecule has 0 aromatic rings. The van der Waals surface area contributed by atoms with E-state index in [-0.39, 0.29) is 0 Å². The molecular formula is C14H21Ru. The van der Waals surface area contributed by atoms with Gasteiger partial charge < -0.3 is 0 Å². The third-order valence-corrected chi connectivity index (χ3v) is 7.07. The van der Waals surface area contributed by atoms with E-state index in [4.69, 9.17) is 0 Å². The van der Waals surface area contributed by atoms with Crippen molar-refractivity contribution in [3.05, 3.63) is 44.3 Å². The number of allylic oxidation sites excluding steroid dienone is 7. The molecule has 0 bridgehead atoms. The molecule has 1 aliphatic carbocycles. The molecule has 0 aliphatic heterocycles. The average Bonchev–Trinajstić information content (AvgIpc) is 2.53. The van der Waals surface area contributed by atoms with Gasteiger partial charge in [-0.15, -0.1) is 0 Å². The van der Waals surface area contributed by atoms with Crippen LogP contribution in [0.3, 0.4) is 0 Å². The summed E-state index contributed by atoms with van der Waals surface area (Å²) in [5.41, 5.74) is 3.08. The summed E-state index contributed by atoms with van der Waals surface area (Å²) < 4.78 is 4.22. The fraction of sp³-hybridized carbons (Fsp3) is 0.429. The number of rotatable bonds is 4. The maximum absolute atomic E-state index is 2.47. The van der Waals surface area contributed by atoms with Crippen molar-refractivity contribution in [1.29, 1.82) is 0 Å². The molecule has 1 aliphatic rings. The van der Waals surface area contributed by atoms with E-state index in [2.05, 4.69) is 56.7 Å². The summed E-state index contributed by atoms with van der Waals surface area (Å²) in [5, 5.41) is 1.34. The van der Waals surface area contributed by atoms with E-state index in [0.717, 1.165) is 0 Å². The van der Waals surface area contributed by atoms with Gasteiger partial charge in [0.05, 0.1) is 0 Å². The van der Waals surface area contributed by atoms with Crippen molar-refractivity contribution in [2.45, 2.75) is 39.1 Å². The minimum absolute atomic E-state index is 0.843. The molecule has 0 spiro atoms. The molecule has 0 saturated carbocycles. The third-order valence-electron chi connectivity index (χ3n) is 2.37. The molecule has 15 heavy (non-hydrogen) atoms. The first-order chi connectivity index (χ1) is 7.19. The number of hydrogen-bond donors (Lipinski definition) is 0. The summed E-state index contributed by atoms with van der Waals surface area (Å²) in [6.07, 6.45) is 10.1. The SMILES string of the molecule is CC=CC=[CH][Ru]([CH2]C)[C]1=C(C)C=C(C)C1. The van der Waals surface area contributed by atoms with Crippen molar-refractivity contribution in [1.82, 2.24) is 0 Å². The Hall–Kier alpha value is -0.417. The van der Waals surface area contributed by atoms with E-state index in [1.807, 2.05) is 0 Å². The van der Waals surface area contributed by atoms with Gasteiger partial charge in [-0.3, -0.25) is 0 Å². The standard InChI is InChI=1S/C7H9.C5H7.C2H5.Ru/c1-6-3-4-7(2)5-6;1-3-5-4-2;1-2;/h5H,3H2,1-2H3;1,3-5H,2H3;1H2,2H3;. The Bertz CT molecular complexity index is 329. The van der Waals surface area contributed by atoms with Crippen LogP contribution >= 0.6 is 0 Å². The Morgan fingerprint density at radius 2 is 2.07 bits per heavy atom. The number of hydrogen-bond acceptors (Lipinski definition) is 0. The van der Waals surface area contributed by atoms with Gasteiger partial charge in [0.25, 0.3) is 0 Å². The molecule has 0 saturated heterocycles. The van der Waals surface area contributed by atoms with Crippen LogP contribution in [0.4, 0.5) is 0 Å². The van der Waals surface area contributed by atoms with Gasteiger partial charge in [0.2, 0.25) is 0 Å². The van der Waals surface area contributed by atoms with E-state index in [1.165, 1.54) is 17.0 Å². The van der Waals surface area contributed by atoms with Crippen LogP contribution in [0.2, 0.25) is 5.02 Å². The Morgan fingerprint density at radius 1 is 1.33 bits per heavy atom. The molecule has 0 aromatic carbocycles. The van der Waals surface area contributed by atoms with Gasteiger partial charge in [-0.25, -0.2) is 0 Å². The van der Waals surface area contributed by atoms with Crippen LogP contribution in [0.5, 0.6) is 0 Å². The summed E-state index contributed by atoms with van der Waals surface area (Å²) in [7, 11) is 0. The van der Waals surface area contributed by atoms with Crippen LogP contribution in [-0.4, -0.2) is 0 Å². The predicted molar refractivity (Wildman–Crippen MR) is 65.5 cm³/mol. The molecule has 0 atom stereocenters. The molecule has 1 rings (SSSR count). The van der Waals surface area contributed by atoms with Crippen molar-refractivity contribution < 1.29 is 16.0 Å². The first-order valence-corrected chi connectivity index (χ1v) is 8.55. The second-order valence-corrected chi connectivity index (χ2v) is 8.38. The fourth-order valence-electron chi connectivity index (χ4n) is 1.67. The van der Waals surface area contributed by atoms with Gasteiger partial charge in [-0.2, -0.15) is 0 Å². The van der Waals surface area contributed by atoms with E-state index in [1.54, 1.807) is 9.74 Å². The summed E-state index contributed by atoms with van der Waals surface area (Å²) in [5.74, 6) is 0. The van der Waals surface area contributed by atoms with Crippen LogP contribution in [0.1, 0.15) is 34.1 Å². The van der Waals surface area contributed by atoms with Gasteiger partial charge in [0.1, 0.15) is 0 Å². The summed E-state index contributed by atoms with van der Waals surface area (Å²) in [6, 6.07) is 0. The van der Waals surface area contributed by atoms with Gasteiger partial charge in [-0.05, 0) is 0 Å². The van der Waals surface area contributed by atoms with Crippen LogP contribution < -0.4 is 0 Å². The Labute approximate surface area is 99.4 Å². The molecule has 0 unspecified atom stereocenters. The van der Waals surface area contributed by atoms with Crippen LogP contribution in [0.25, 0.3) is 0 Å². The van der Waals surface area contributed by atoms with Gasteiger partial charge in [0, 0.05) is 0 Å². The van der Waals surface area contributed by atoms with Crippen molar-refractivity contribution in [3.8, 4) is 0 Å². The molecule has 0 N–H and O–H groups in total. The summed E-state index contributed by atoms with van der Waals surface area (Å²) in [6.45, 7) is 8.91. The molecule has 0 heterocycles.